The quantitative estimate of drug-likeness (QED) is 0.399. The molecule has 0 amide bonds. The molecule has 0 aliphatic heterocycles. The molecule has 8 heavy (non-hydrogen) atoms. The molecule has 1 saturated carbocycles. The van der Waals surface area contributed by atoms with Gasteiger partial charge >= 0.3 is 7.12 Å². The summed E-state index contributed by atoms with van der Waals surface area (Å²) < 4.78 is 0. The minimum atomic E-state index is -1.22. The van der Waals surface area contributed by atoms with E-state index in [0.29, 0.717) is 0 Å². The van der Waals surface area contributed by atoms with Gasteiger partial charge in [0, 0.05) is 6.61 Å². The molecule has 3 nitrogen and oxygen atoms in total. The summed E-state index contributed by atoms with van der Waals surface area (Å²) in [4.78, 5) is 0. The van der Waals surface area contributed by atoms with Crippen LogP contribution in [0.4, 0.5) is 0 Å². The van der Waals surface area contributed by atoms with Crippen LogP contribution in [0.5, 0.6) is 0 Å². The van der Waals surface area contributed by atoms with Crippen molar-refractivity contribution in [3.05, 3.63) is 0 Å². The summed E-state index contributed by atoms with van der Waals surface area (Å²) in [7, 11) is -1.22. The third-order valence-corrected chi connectivity index (χ3v) is 1.59. The molecular formula is C4H9BO3. The Kier molecular flexibility index (Phi) is 1.55. The first-order chi connectivity index (χ1) is 3.75. The number of hydrogen-bond acceptors (Lipinski definition) is 3. The van der Waals surface area contributed by atoms with E-state index in [4.69, 9.17) is 15.2 Å². The van der Waals surface area contributed by atoms with E-state index in [2.05, 4.69) is 0 Å². The van der Waals surface area contributed by atoms with Crippen molar-refractivity contribution in [2.45, 2.75) is 12.2 Å². The Morgan fingerprint density at radius 2 is 2.12 bits per heavy atom. The Bertz CT molecular complexity index is 85.4. The molecule has 0 aromatic rings. The summed E-state index contributed by atoms with van der Waals surface area (Å²) in [5.41, 5.74) is 0. The number of rotatable bonds is 2. The van der Waals surface area contributed by atoms with Crippen LogP contribution in [0, 0.1) is 5.92 Å². The molecule has 0 saturated heterocycles. The molecule has 1 aliphatic carbocycles. The monoisotopic (exact) mass is 116 g/mol. The molecular weight excluding hydrogens is 107 g/mol. The van der Waals surface area contributed by atoms with Gasteiger partial charge in [-0.25, -0.2) is 0 Å². The van der Waals surface area contributed by atoms with Crippen LogP contribution in [-0.2, 0) is 0 Å². The normalized spacial score (nSPS) is 34.9. The van der Waals surface area contributed by atoms with E-state index < -0.39 is 7.12 Å². The molecule has 4 heteroatoms. The van der Waals surface area contributed by atoms with E-state index in [-0.39, 0.29) is 18.3 Å². The molecule has 0 heterocycles. The van der Waals surface area contributed by atoms with Crippen LogP contribution in [0.2, 0.25) is 5.82 Å². The summed E-state index contributed by atoms with van der Waals surface area (Å²) in [5, 5.41) is 25.3. The van der Waals surface area contributed by atoms with Gasteiger partial charge in [-0.2, -0.15) is 0 Å². The SMILES string of the molecule is OC[C@@H]1C[C@H]1B(O)O. The second-order valence-corrected chi connectivity index (χ2v) is 2.26. The summed E-state index contributed by atoms with van der Waals surface area (Å²) in [6.07, 6.45) is 0.758. The van der Waals surface area contributed by atoms with Crippen LogP contribution < -0.4 is 0 Å². The largest absolute Gasteiger partial charge is 0.455 e. The molecule has 0 aromatic heterocycles. The second-order valence-electron chi connectivity index (χ2n) is 2.26. The van der Waals surface area contributed by atoms with Crippen molar-refractivity contribution >= 4 is 7.12 Å². The van der Waals surface area contributed by atoms with Gasteiger partial charge in [0.05, 0.1) is 0 Å². The van der Waals surface area contributed by atoms with Gasteiger partial charge in [0.1, 0.15) is 0 Å². The molecule has 2 atom stereocenters. The fourth-order valence-corrected chi connectivity index (χ4v) is 0.846. The fraction of sp³-hybridized carbons (Fsp3) is 1.00. The van der Waals surface area contributed by atoms with E-state index in [1.807, 2.05) is 0 Å². The number of hydrogen-bond donors (Lipinski definition) is 3. The maximum absolute atomic E-state index is 8.44. The minimum Gasteiger partial charge on any atom is -0.427 e. The highest BCUT2D eigenvalue weighted by Crippen LogP contribution is 2.44. The lowest BCUT2D eigenvalue weighted by Crippen LogP contribution is -2.12. The average Bonchev–Trinajstić information content (AvgIpc) is 2.42. The van der Waals surface area contributed by atoms with Crippen molar-refractivity contribution in [1.82, 2.24) is 0 Å². The number of aliphatic hydroxyl groups excluding tert-OH is 1. The van der Waals surface area contributed by atoms with Gasteiger partial charge in [0.15, 0.2) is 0 Å². The highest BCUT2D eigenvalue weighted by molar-refractivity contribution is 6.44. The maximum atomic E-state index is 8.44. The first-order valence-corrected chi connectivity index (χ1v) is 2.72. The van der Waals surface area contributed by atoms with E-state index in [1.54, 1.807) is 0 Å². The van der Waals surface area contributed by atoms with E-state index >= 15 is 0 Å². The van der Waals surface area contributed by atoms with Gasteiger partial charge in [-0.1, -0.05) is 0 Å². The predicted molar refractivity (Wildman–Crippen MR) is 29.1 cm³/mol. The predicted octanol–water partition coefficient (Wildman–Crippen LogP) is -1.16. The Morgan fingerprint density at radius 1 is 1.50 bits per heavy atom. The topological polar surface area (TPSA) is 60.7 Å². The van der Waals surface area contributed by atoms with Gasteiger partial charge in [0.2, 0.25) is 0 Å². The third-order valence-electron chi connectivity index (χ3n) is 1.59. The molecule has 1 fully saturated rings. The van der Waals surface area contributed by atoms with Gasteiger partial charge in [-0.05, 0) is 18.2 Å². The second kappa shape index (κ2) is 2.05. The van der Waals surface area contributed by atoms with Gasteiger partial charge < -0.3 is 15.2 Å². The first-order valence-electron chi connectivity index (χ1n) is 2.72. The average molecular weight is 116 g/mol. The highest BCUT2D eigenvalue weighted by atomic mass is 16.4. The van der Waals surface area contributed by atoms with Crippen LogP contribution in [0.3, 0.4) is 0 Å². The third kappa shape index (κ3) is 1.02. The molecule has 3 N–H and O–H groups in total. The van der Waals surface area contributed by atoms with Crippen molar-refractivity contribution < 1.29 is 15.2 Å². The molecule has 0 bridgehead atoms. The Labute approximate surface area is 48.1 Å². The van der Waals surface area contributed by atoms with Gasteiger partial charge in [-0.3, -0.25) is 0 Å². The Morgan fingerprint density at radius 3 is 2.25 bits per heavy atom. The summed E-state index contributed by atoms with van der Waals surface area (Å²) in [6, 6.07) is 0. The lowest BCUT2D eigenvalue weighted by atomic mass is 9.82. The molecule has 1 rings (SSSR count). The van der Waals surface area contributed by atoms with Crippen LogP contribution in [-0.4, -0.2) is 28.9 Å². The van der Waals surface area contributed by atoms with Crippen LogP contribution >= 0.6 is 0 Å². The van der Waals surface area contributed by atoms with Crippen molar-refractivity contribution in [2.75, 3.05) is 6.61 Å². The van der Waals surface area contributed by atoms with Gasteiger partial charge in [-0.15, -0.1) is 0 Å². The van der Waals surface area contributed by atoms with E-state index in [0.717, 1.165) is 6.42 Å². The highest BCUT2D eigenvalue weighted by Gasteiger charge is 2.44. The molecule has 0 aromatic carbocycles. The standard InChI is InChI=1S/C4H9BO3/c6-2-3-1-4(3)5(7)8/h3-4,6-8H,1-2H2/t3-,4+/m0/s1. The maximum Gasteiger partial charge on any atom is 0.455 e. The van der Waals surface area contributed by atoms with Crippen molar-refractivity contribution in [3.63, 3.8) is 0 Å². The van der Waals surface area contributed by atoms with Crippen molar-refractivity contribution in [1.29, 1.82) is 0 Å². The van der Waals surface area contributed by atoms with Gasteiger partial charge in [0.25, 0.3) is 0 Å². The fourth-order valence-electron chi connectivity index (χ4n) is 0.846. The smallest absolute Gasteiger partial charge is 0.427 e. The Hall–Kier alpha value is -0.0551. The molecule has 1 aliphatic rings. The first kappa shape index (κ1) is 6.07. The van der Waals surface area contributed by atoms with Crippen molar-refractivity contribution in [3.8, 4) is 0 Å². The Balaban J connectivity index is 2.16. The molecule has 0 unspecified atom stereocenters. The zero-order valence-electron chi connectivity index (χ0n) is 4.49. The minimum absolute atomic E-state index is 0.0556. The summed E-state index contributed by atoms with van der Waals surface area (Å²) in [5.74, 6) is 0.0926. The van der Waals surface area contributed by atoms with Crippen LogP contribution in [0.1, 0.15) is 6.42 Å². The number of aliphatic hydroxyl groups is 1. The lowest BCUT2D eigenvalue weighted by Gasteiger charge is -1.90. The zero-order valence-corrected chi connectivity index (χ0v) is 4.49. The molecule has 0 spiro atoms. The van der Waals surface area contributed by atoms with Crippen LogP contribution in [0.15, 0.2) is 0 Å². The molecule has 46 valence electrons. The van der Waals surface area contributed by atoms with E-state index in [9.17, 15) is 0 Å². The molecule has 0 radical (unpaired) electrons. The lowest BCUT2D eigenvalue weighted by molar-refractivity contribution is 0.273. The van der Waals surface area contributed by atoms with Crippen molar-refractivity contribution in [2.24, 2.45) is 5.92 Å². The summed E-state index contributed by atoms with van der Waals surface area (Å²) >= 11 is 0. The van der Waals surface area contributed by atoms with Crippen LogP contribution in [0.25, 0.3) is 0 Å². The summed E-state index contributed by atoms with van der Waals surface area (Å²) in [6.45, 7) is 0.0856. The zero-order chi connectivity index (χ0) is 6.15. The van der Waals surface area contributed by atoms with E-state index in [1.165, 1.54) is 0 Å².